The summed E-state index contributed by atoms with van der Waals surface area (Å²) in [5.41, 5.74) is 9.81. The van der Waals surface area contributed by atoms with Gasteiger partial charge in [-0.15, -0.1) is 0 Å². The summed E-state index contributed by atoms with van der Waals surface area (Å²) in [6.45, 7) is 0. The Morgan fingerprint density at radius 1 is 0.708 bits per heavy atom. The summed E-state index contributed by atoms with van der Waals surface area (Å²) in [4.78, 5) is 13.3. The highest BCUT2D eigenvalue weighted by atomic mass is 16.1. The second-order valence-corrected chi connectivity index (χ2v) is 5.65. The summed E-state index contributed by atoms with van der Waals surface area (Å²) in [5.74, 6) is 0. The van der Waals surface area contributed by atoms with Crippen molar-refractivity contribution in [2.24, 2.45) is 0 Å². The van der Waals surface area contributed by atoms with Gasteiger partial charge in [0.15, 0.2) is 0 Å². The topological polar surface area (TPSA) is 48.0 Å². The lowest BCUT2D eigenvalue weighted by Gasteiger charge is -2.16. The molecule has 0 amide bonds. The molecular formula is C21H16N2O. The fourth-order valence-corrected chi connectivity index (χ4v) is 3.08. The smallest absolute Gasteiger partial charge is 0.265 e. The number of pyridine rings is 1. The molecule has 4 rings (SSSR count). The van der Waals surface area contributed by atoms with Gasteiger partial charge in [-0.3, -0.25) is 9.36 Å². The van der Waals surface area contributed by atoms with Crippen LogP contribution >= 0.6 is 0 Å². The van der Waals surface area contributed by atoms with Crippen LogP contribution in [0.3, 0.4) is 0 Å². The van der Waals surface area contributed by atoms with Crippen LogP contribution in [-0.4, -0.2) is 4.57 Å². The second kappa shape index (κ2) is 5.70. The first-order chi connectivity index (χ1) is 11.8. The van der Waals surface area contributed by atoms with Crippen LogP contribution in [0.25, 0.3) is 27.7 Å². The number of hydrogen-bond acceptors (Lipinski definition) is 2. The Morgan fingerprint density at radius 2 is 1.29 bits per heavy atom. The molecule has 0 unspecified atom stereocenters. The number of aromatic nitrogens is 1. The third-order valence-electron chi connectivity index (χ3n) is 4.20. The van der Waals surface area contributed by atoms with Crippen molar-refractivity contribution in [2.75, 3.05) is 5.73 Å². The highest BCUT2D eigenvalue weighted by Crippen LogP contribution is 2.30. The number of nitrogen functional groups attached to an aromatic ring is 1. The molecule has 0 fully saturated rings. The quantitative estimate of drug-likeness (QED) is 0.602. The lowest BCUT2D eigenvalue weighted by molar-refractivity contribution is 1.05. The van der Waals surface area contributed by atoms with E-state index in [4.69, 9.17) is 5.73 Å². The van der Waals surface area contributed by atoms with Crippen molar-refractivity contribution in [1.29, 1.82) is 0 Å². The molecule has 0 aliphatic heterocycles. The van der Waals surface area contributed by atoms with Crippen LogP contribution in [0, 0.1) is 0 Å². The van der Waals surface area contributed by atoms with E-state index in [1.165, 1.54) is 0 Å². The molecule has 0 aliphatic carbocycles. The van der Waals surface area contributed by atoms with Crippen LogP contribution in [-0.2, 0) is 0 Å². The molecule has 3 aromatic carbocycles. The van der Waals surface area contributed by atoms with Crippen molar-refractivity contribution in [3.05, 3.63) is 95.3 Å². The number of anilines is 1. The maximum Gasteiger partial charge on any atom is 0.265 e. The molecule has 24 heavy (non-hydrogen) atoms. The highest BCUT2D eigenvalue weighted by Gasteiger charge is 2.16. The maximum absolute atomic E-state index is 13.3. The van der Waals surface area contributed by atoms with Gasteiger partial charge in [0, 0.05) is 11.1 Å². The standard InChI is InChI=1S/C21H16N2O/c22-20-17-13-7-8-14-18(17)23(16-11-5-2-6-12-16)21(24)19(20)15-9-3-1-4-10-15/h1-14H,22H2. The van der Waals surface area contributed by atoms with Crippen molar-refractivity contribution in [2.45, 2.75) is 0 Å². The fourth-order valence-electron chi connectivity index (χ4n) is 3.08. The van der Waals surface area contributed by atoms with E-state index in [1.807, 2.05) is 84.9 Å². The van der Waals surface area contributed by atoms with Gasteiger partial charge in [-0.25, -0.2) is 0 Å². The molecule has 0 bridgehead atoms. The molecule has 0 radical (unpaired) electrons. The van der Waals surface area contributed by atoms with Crippen molar-refractivity contribution in [3.8, 4) is 16.8 Å². The first kappa shape index (κ1) is 14.3. The molecule has 3 heteroatoms. The molecule has 4 aromatic rings. The van der Waals surface area contributed by atoms with Gasteiger partial charge in [0.25, 0.3) is 5.56 Å². The zero-order chi connectivity index (χ0) is 16.5. The number of nitrogens with two attached hydrogens (primary N) is 1. The van der Waals surface area contributed by atoms with Gasteiger partial charge < -0.3 is 5.73 Å². The molecule has 3 nitrogen and oxygen atoms in total. The summed E-state index contributed by atoms with van der Waals surface area (Å²) in [6, 6.07) is 27.0. The van der Waals surface area contributed by atoms with E-state index in [-0.39, 0.29) is 5.56 Å². The van der Waals surface area contributed by atoms with Crippen LogP contribution in [0.4, 0.5) is 5.69 Å². The Bertz CT molecular complexity index is 1070. The lowest BCUT2D eigenvalue weighted by Crippen LogP contribution is -2.22. The number of benzene rings is 3. The van der Waals surface area contributed by atoms with Crippen LogP contribution < -0.4 is 11.3 Å². The fraction of sp³-hybridized carbons (Fsp3) is 0. The molecule has 1 heterocycles. The summed E-state index contributed by atoms with van der Waals surface area (Å²) >= 11 is 0. The van der Waals surface area contributed by atoms with Crippen molar-refractivity contribution in [3.63, 3.8) is 0 Å². The van der Waals surface area contributed by atoms with Crippen molar-refractivity contribution >= 4 is 16.6 Å². The number of hydrogen-bond donors (Lipinski definition) is 1. The van der Waals surface area contributed by atoms with Crippen molar-refractivity contribution in [1.82, 2.24) is 4.57 Å². The molecule has 0 atom stereocenters. The SMILES string of the molecule is Nc1c(-c2ccccc2)c(=O)n(-c2ccccc2)c2ccccc12. The van der Waals surface area contributed by atoms with Gasteiger partial charge in [-0.1, -0.05) is 66.7 Å². The molecule has 0 saturated heterocycles. The Hall–Kier alpha value is -3.33. The van der Waals surface area contributed by atoms with Crippen molar-refractivity contribution < 1.29 is 0 Å². The largest absolute Gasteiger partial charge is 0.398 e. The van der Waals surface area contributed by atoms with Gasteiger partial charge in [0.05, 0.1) is 16.8 Å². The summed E-state index contributed by atoms with van der Waals surface area (Å²) in [7, 11) is 0. The summed E-state index contributed by atoms with van der Waals surface area (Å²) < 4.78 is 1.73. The summed E-state index contributed by atoms with van der Waals surface area (Å²) in [6.07, 6.45) is 0. The van der Waals surface area contributed by atoms with Crippen LogP contribution in [0.15, 0.2) is 89.7 Å². The van der Waals surface area contributed by atoms with E-state index >= 15 is 0 Å². The predicted molar refractivity (Wildman–Crippen MR) is 99.4 cm³/mol. The predicted octanol–water partition coefficient (Wildman–Crippen LogP) is 4.24. The minimum Gasteiger partial charge on any atom is -0.398 e. The Morgan fingerprint density at radius 3 is 2.00 bits per heavy atom. The molecule has 2 N–H and O–H groups in total. The van der Waals surface area contributed by atoms with E-state index < -0.39 is 0 Å². The zero-order valence-corrected chi connectivity index (χ0v) is 13.0. The van der Waals surface area contributed by atoms with E-state index in [2.05, 4.69) is 0 Å². The van der Waals surface area contributed by atoms with Gasteiger partial charge >= 0.3 is 0 Å². The average Bonchev–Trinajstić information content (AvgIpc) is 2.64. The molecule has 116 valence electrons. The lowest BCUT2D eigenvalue weighted by atomic mass is 10.0. The van der Waals surface area contributed by atoms with E-state index in [1.54, 1.807) is 4.57 Å². The number of para-hydroxylation sites is 2. The molecule has 0 spiro atoms. The van der Waals surface area contributed by atoms with Crippen LogP contribution in [0.5, 0.6) is 0 Å². The first-order valence-electron chi connectivity index (χ1n) is 7.81. The van der Waals surface area contributed by atoms with E-state index in [0.29, 0.717) is 11.3 Å². The zero-order valence-electron chi connectivity index (χ0n) is 13.0. The molecule has 0 aliphatic rings. The number of fused-ring (bicyclic) bond motifs is 1. The van der Waals surface area contributed by atoms with E-state index in [0.717, 1.165) is 22.2 Å². The number of rotatable bonds is 2. The van der Waals surface area contributed by atoms with Gasteiger partial charge in [0.2, 0.25) is 0 Å². The normalized spacial score (nSPS) is 10.8. The number of nitrogens with zero attached hydrogens (tertiary/aromatic N) is 1. The van der Waals surface area contributed by atoms with E-state index in [9.17, 15) is 4.79 Å². The highest BCUT2D eigenvalue weighted by molar-refractivity contribution is 5.99. The monoisotopic (exact) mass is 312 g/mol. The third kappa shape index (κ3) is 2.18. The average molecular weight is 312 g/mol. The third-order valence-corrected chi connectivity index (χ3v) is 4.20. The summed E-state index contributed by atoms with van der Waals surface area (Å²) in [5, 5.41) is 0.875. The minimum atomic E-state index is -0.108. The van der Waals surface area contributed by atoms with Crippen LogP contribution in [0.2, 0.25) is 0 Å². The van der Waals surface area contributed by atoms with Crippen LogP contribution in [0.1, 0.15) is 0 Å². The first-order valence-corrected chi connectivity index (χ1v) is 7.81. The second-order valence-electron chi connectivity index (χ2n) is 5.65. The van der Waals surface area contributed by atoms with Gasteiger partial charge in [-0.05, 0) is 23.8 Å². The Kier molecular flexibility index (Phi) is 3.39. The Balaban J connectivity index is 2.18. The van der Waals surface area contributed by atoms with Gasteiger partial charge in [-0.2, -0.15) is 0 Å². The minimum absolute atomic E-state index is 0.108. The van der Waals surface area contributed by atoms with Gasteiger partial charge in [0.1, 0.15) is 0 Å². The molecule has 0 saturated carbocycles. The Labute approximate surface area is 139 Å². The maximum atomic E-state index is 13.3. The molecule has 1 aromatic heterocycles. The molecular weight excluding hydrogens is 296 g/mol.